The van der Waals surface area contributed by atoms with Crippen molar-refractivity contribution in [1.82, 2.24) is 15.2 Å². The normalized spacial score (nSPS) is 17.5. The fourth-order valence-electron chi connectivity index (χ4n) is 5.02. The van der Waals surface area contributed by atoms with E-state index < -0.39 is 23.4 Å². The fraction of sp³-hybridized carbons (Fsp3) is 0.200. The number of fused-ring (bicyclic) bond motifs is 2. The Kier molecular flexibility index (Phi) is 4.45. The molecule has 2 aliphatic rings. The Hall–Kier alpha value is -3.78. The Morgan fingerprint density at radius 3 is 2.58 bits per heavy atom. The zero-order valence-corrected chi connectivity index (χ0v) is 17.5. The molecule has 1 fully saturated rings. The molecular weight excluding hydrogens is 428 g/mol. The molecule has 0 radical (unpaired) electrons. The van der Waals surface area contributed by atoms with Crippen LogP contribution >= 0.6 is 0 Å². The maximum Gasteiger partial charge on any atom is 0.259 e. The van der Waals surface area contributed by atoms with Crippen molar-refractivity contribution in [1.29, 1.82) is 0 Å². The first-order valence-corrected chi connectivity index (χ1v) is 10.8. The molecular formula is C25H19F2N3O3. The number of para-hydroxylation sites is 1. The zero-order valence-electron chi connectivity index (χ0n) is 17.5. The van der Waals surface area contributed by atoms with Crippen molar-refractivity contribution >= 4 is 44.8 Å². The van der Waals surface area contributed by atoms with Gasteiger partial charge < -0.3 is 14.3 Å². The molecule has 2 N–H and O–H groups in total. The number of nitrogens with one attached hydrogen (secondary N) is 2. The van der Waals surface area contributed by atoms with Gasteiger partial charge in [-0.1, -0.05) is 18.2 Å². The largest absolute Gasteiger partial charge is 0.464 e. The Balaban J connectivity index is 1.66. The van der Waals surface area contributed by atoms with E-state index in [0.717, 1.165) is 42.9 Å². The molecule has 0 atom stereocenters. The van der Waals surface area contributed by atoms with Gasteiger partial charge in [-0.05, 0) is 44.1 Å². The number of imide groups is 1. The van der Waals surface area contributed by atoms with Gasteiger partial charge in [0.1, 0.15) is 5.58 Å². The van der Waals surface area contributed by atoms with Gasteiger partial charge in [-0.15, -0.1) is 0 Å². The van der Waals surface area contributed by atoms with Crippen LogP contribution in [0.2, 0.25) is 0 Å². The molecule has 166 valence electrons. The second kappa shape index (κ2) is 7.38. The lowest BCUT2D eigenvalue weighted by Gasteiger charge is -2.25. The summed E-state index contributed by atoms with van der Waals surface area (Å²) < 4.78 is 37.0. The molecule has 2 amide bonds. The minimum Gasteiger partial charge on any atom is -0.464 e. The molecule has 33 heavy (non-hydrogen) atoms. The van der Waals surface area contributed by atoms with Gasteiger partial charge in [0.05, 0.1) is 23.0 Å². The molecule has 4 aromatic rings. The smallest absolute Gasteiger partial charge is 0.259 e. The van der Waals surface area contributed by atoms with Gasteiger partial charge in [-0.25, -0.2) is 8.78 Å². The predicted octanol–water partition coefficient (Wildman–Crippen LogP) is 4.16. The van der Waals surface area contributed by atoms with Crippen LogP contribution in [0.15, 0.2) is 53.3 Å². The first kappa shape index (κ1) is 19.9. The van der Waals surface area contributed by atoms with Crippen LogP contribution in [-0.2, 0) is 9.59 Å². The number of rotatable bonds is 3. The second-order valence-corrected chi connectivity index (χ2v) is 8.37. The number of hydrogen-bond acceptors (Lipinski definition) is 4. The van der Waals surface area contributed by atoms with Crippen molar-refractivity contribution in [3.8, 4) is 0 Å². The van der Waals surface area contributed by atoms with Crippen LogP contribution in [0.25, 0.3) is 33.0 Å². The molecule has 2 aliphatic heterocycles. The lowest BCUT2D eigenvalue weighted by atomic mass is 9.94. The van der Waals surface area contributed by atoms with Gasteiger partial charge in [-0.2, -0.15) is 0 Å². The number of furan rings is 1. The summed E-state index contributed by atoms with van der Waals surface area (Å²) in [5.74, 6) is -3.77. The fourth-order valence-corrected chi connectivity index (χ4v) is 5.02. The van der Waals surface area contributed by atoms with Crippen molar-refractivity contribution in [3.63, 3.8) is 0 Å². The van der Waals surface area contributed by atoms with E-state index in [2.05, 4.69) is 15.2 Å². The lowest BCUT2D eigenvalue weighted by Crippen LogP contribution is -2.29. The van der Waals surface area contributed by atoms with E-state index in [1.165, 1.54) is 12.3 Å². The number of benzene rings is 2. The minimum absolute atomic E-state index is 0.0195. The summed E-state index contributed by atoms with van der Waals surface area (Å²) in [4.78, 5) is 25.9. The molecule has 6 nitrogen and oxygen atoms in total. The van der Waals surface area contributed by atoms with Crippen molar-refractivity contribution in [2.45, 2.75) is 18.9 Å². The number of carbonyl (C=O) groups excluding carboxylic acids is 2. The molecule has 0 saturated carbocycles. The number of aromatic nitrogens is 1. The average Bonchev–Trinajstić information content (AvgIpc) is 3.51. The number of nitrogens with zero attached hydrogens (tertiary/aromatic N) is 1. The van der Waals surface area contributed by atoms with E-state index >= 15 is 4.39 Å². The molecule has 1 saturated heterocycles. The number of hydrogen-bond donors (Lipinski definition) is 2. The summed E-state index contributed by atoms with van der Waals surface area (Å²) in [6, 6.07) is 10.3. The third kappa shape index (κ3) is 2.94. The minimum atomic E-state index is -1.23. The van der Waals surface area contributed by atoms with Gasteiger partial charge >= 0.3 is 0 Å². The van der Waals surface area contributed by atoms with E-state index in [0.29, 0.717) is 10.9 Å². The van der Waals surface area contributed by atoms with Crippen molar-refractivity contribution in [2.24, 2.45) is 0 Å². The summed E-state index contributed by atoms with van der Waals surface area (Å²) in [5.41, 5.74) is 0.906. The quantitative estimate of drug-likeness (QED) is 0.463. The molecule has 0 spiro atoms. The Morgan fingerprint density at radius 1 is 1.00 bits per heavy atom. The first-order chi connectivity index (χ1) is 16.0. The monoisotopic (exact) mass is 447 g/mol. The van der Waals surface area contributed by atoms with Crippen LogP contribution in [0.3, 0.4) is 0 Å². The number of amides is 2. The van der Waals surface area contributed by atoms with Crippen LogP contribution in [-0.4, -0.2) is 29.5 Å². The van der Waals surface area contributed by atoms with Crippen LogP contribution in [0, 0.1) is 11.6 Å². The van der Waals surface area contributed by atoms with Crippen LogP contribution < -0.4 is 10.6 Å². The van der Waals surface area contributed by atoms with E-state index in [1.807, 2.05) is 30.5 Å². The molecule has 0 bridgehead atoms. The van der Waals surface area contributed by atoms with Crippen molar-refractivity contribution in [2.75, 3.05) is 13.1 Å². The standard InChI is InChI=1S/C25H19F2N3O3/c26-17-11-13-7-10-33-23(13)21(22(17)27)20-19(24(31)29-25(20)32)16-12-30(14-5-8-28-9-6-14)18-4-2-1-3-15(16)18/h1-4,7,10-12,14,28H,5-6,8-9H2,(H,29,31,32). The SMILES string of the molecule is O=C1NC(=O)C(c2c(F)c(F)cc3ccoc23)=C1c1cn(C2CCNCC2)c2ccccc12. The molecule has 2 aromatic heterocycles. The average molecular weight is 447 g/mol. The predicted molar refractivity (Wildman–Crippen MR) is 119 cm³/mol. The third-order valence-electron chi connectivity index (χ3n) is 6.53. The molecule has 4 heterocycles. The highest BCUT2D eigenvalue weighted by Gasteiger charge is 2.38. The highest BCUT2D eigenvalue weighted by molar-refractivity contribution is 6.50. The summed E-state index contributed by atoms with van der Waals surface area (Å²) in [6.45, 7) is 1.76. The molecule has 8 heteroatoms. The number of carbonyl (C=O) groups is 2. The van der Waals surface area contributed by atoms with Gasteiger partial charge in [0, 0.05) is 34.1 Å². The molecule has 6 rings (SSSR count). The summed E-state index contributed by atoms with van der Waals surface area (Å²) >= 11 is 0. The van der Waals surface area contributed by atoms with Crippen molar-refractivity contribution < 1.29 is 22.8 Å². The highest BCUT2D eigenvalue weighted by atomic mass is 19.2. The van der Waals surface area contributed by atoms with Gasteiger partial charge in [-0.3, -0.25) is 14.9 Å². The highest BCUT2D eigenvalue weighted by Crippen LogP contribution is 2.41. The summed E-state index contributed by atoms with van der Waals surface area (Å²) in [7, 11) is 0. The Labute approximate surface area is 186 Å². The van der Waals surface area contributed by atoms with Crippen LogP contribution in [0.5, 0.6) is 0 Å². The van der Waals surface area contributed by atoms with Crippen LogP contribution in [0.4, 0.5) is 8.78 Å². The van der Waals surface area contributed by atoms with E-state index in [4.69, 9.17) is 4.42 Å². The zero-order chi connectivity index (χ0) is 22.7. The second-order valence-electron chi connectivity index (χ2n) is 8.37. The van der Waals surface area contributed by atoms with Gasteiger partial charge in [0.25, 0.3) is 11.8 Å². The Bertz CT molecular complexity index is 1490. The Morgan fingerprint density at radius 2 is 1.76 bits per heavy atom. The molecule has 2 aromatic carbocycles. The first-order valence-electron chi connectivity index (χ1n) is 10.8. The summed E-state index contributed by atoms with van der Waals surface area (Å²) in [6.07, 6.45) is 4.98. The van der Waals surface area contributed by atoms with E-state index in [1.54, 1.807) is 0 Å². The maximum atomic E-state index is 15.1. The third-order valence-corrected chi connectivity index (χ3v) is 6.53. The van der Waals surface area contributed by atoms with Crippen molar-refractivity contribution in [3.05, 3.63) is 71.6 Å². The van der Waals surface area contributed by atoms with Gasteiger partial charge in [0.15, 0.2) is 11.6 Å². The maximum absolute atomic E-state index is 15.1. The number of halogens is 2. The van der Waals surface area contributed by atoms with E-state index in [-0.39, 0.29) is 28.3 Å². The lowest BCUT2D eigenvalue weighted by molar-refractivity contribution is -0.122. The molecule has 0 unspecified atom stereocenters. The molecule has 0 aliphatic carbocycles. The topological polar surface area (TPSA) is 76.3 Å². The number of piperidine rings is 1. The van der Waals surface area contributed by atoms with Crippen LogP contribution in [0.1, 0.15) is 30.0 Å². The summed E-state index contributed by atoms with van der Waals surface area (Å²) in [5, 5.41) is 6.68. The van der Waals surface area contributed by atoms with Gasteiger partial charge in [0.2, 0.25) is 0 Å². The van der Waals surface area contributed by atoms with E-state index in [9.17, 15) is 14.0 Å².